The largest absolute Gasteiger partial charge is 0.506 e. The van der Waals surface area contributed by atoms with E-state index in [1.807, 2.05) is 24.3 Å². The normalized spacial score (nSPS) is 11.1. The Kier molecular flexibility index (Phi) is 2.09. The van der Waals surface area contributed by atoms with Crippen LogP contribution >= 0.6 is 11.6 Å². The van der Waals surface area contributed by atoms with Crippen LogP contribution in [0, 0.1) is 0 Å². The van der Waals surface area contributed by atoms with Gasteiger partial charge in [0.2, 0.25) is 0 Å². The van der Waals surface area contributed by atoms with E-state index < -0.39 is 0 Å². The average molecular weight is 245 g/mol. The Labute approximate surface area is 102 Å². The van der Waals surface area contributed by atoms with Gasteiger partial charge in [-0.15, -0.1) is 0 Å². The molecule has 0 aliphatic rings. The van der Waals surface area contributed by atoms with E-state index in [4.69, 9.17) is 17.3 Å². The molecule has 0 saturated carbocycles. The third-order valence-electron chi connectivity index (χ3n) is 2.81. The molecule has 2 aromatic carbocycles. The highest BCUT2D eigenvalue weighted by Gasteiger charge is 2.11. The smallest absolute Gasteiger partial charge is 0.136 e. The van der Waals surface area contributed by atoms with Gasteiger partial charge in [-0.1, -0.05) is 29.8 Å². The molecule has 0 aliphatic carbocycles. The van der Waals surface area contributed by atoms with E-state index in [-0.39, 0.29) is 10.8 Å². The first kappa shape index (κ1) is 10.2. The van der Waals surface area contributed by atoms with Crippen molar-refractivity contribution in [2.75, 3.05) is 5.73 Å². The SMILES string of the molecule is Nc1c2ccccc2nc2c(Cl)c(O)ccc12. The summed E-state index contributed by atoms with van der Waals surface area (Å²) in [6.45, 7) is 0. The highest BCUT2D eigenvalue weighted by Crippen LogP contribution is 2.36. The Morgan fingerprint density at radius 2 is 1.82 bits per heavy atom. The molecule has 3 aromatic rings. The quantitative estimate of drug-likeness (QED) is 0.597. The number of nitrogen functional groups attached to an aromatic ring is 1. The number of phenolic OH excluding ortho intramolecular Hbond substituents is 1. The maximum atomic E-state index is 9.57. The van der Waals surface area contributed by atoms with Gasteiger partial charge < -0.3 is 10.8 Å². The van der Waals surface area contributed by atoms with Crippen molar-refractivity contribution >= 4 is 39.1 Å². The van der Waals surface area contributed by atoms with Crippen molar-refractivity contribution in [2.45, 2.75) is 0 Å². The number of hydrogen-bond donors (Lipinski definition) is 2. The van der Waals surface area contributed by atoms with Crippen molar-refractivity contribution in [3.8, 4) is 5.75 Å². The molecule has 17 heavy (non-hydrogen) atoms. The van der Waals surface area contributed by atoms with Crippen LogP contribution in [-0.2, 0) is 0 Å². The number of pyridine rings is 1. The van der Waals surface area contributed by atoms with Gasteiger partial charge in [0.1, 0.15) is 10.8 Å². The summed E-state index contributed by atoms with van der Waals surface area (Å²) in [7, 11) is 0. The third-order valence-corrected chi connectivity index (χ3v) is 3.19. The number of rotatable bonds is 0. The third kappa shape index (κ3) is 1.40. The van der Waals surface area contributed by atoms with Crippen LogP contribution in [0.25, 0.3) is 21.8 Å². The van der Waals surface area contributed by atoms with E-state index in [9.17, 15) is 5.11 Å². The molecule has 84 valence electrons. The van der Waals surface area contributed by atoms with Crippen molar-refractivity contribution in [1.82, 2.24) is 4.98 Å². The summed E-state index contributed by atoms with van der Waals surface area (Å²) in [6, 6.07) is 10.8. The standard InChI is InChI=1S/C13H9ClN2O/c14-11-10(17)6-5-8-12(15)7-3-1-2-4-9(7)16-13(8)11/h1-6,17H,(H2,15,16). The lowest BCUT2D eigenvalue weighted by atomic mass is 10.1. The molecule has 1 heterocycles. The lowest BCUT2D eigenvalue weighted by Crippen LogP contribution is -1.93. The lowest BCUT2D eigenvalue weighted by molar-refractivity contribution is 0.476. The number of nitrogens with zero attached hydrogens (tertiary/aromatic N) is 1. The van der Waals surface area contributed by atoms with Crippen molar-refractivity contribution in [3.05, 3.63) is 41.4 Å². The minimum atomic E-state index is 0.0151. The van der Waals surface area contributed by atoms with Crippen molar-refractivity contribution in [2.24, 2.45) is 0 Å². The van der Waals surface area contributed by atoms with Crippen LogP contribution in [0.5, 0.6) is 5.75 Å². The van der Waals surface area contributed by atoms with Crippen molar-refractivity contribution in [3.63, 3.8) is 0 Å². The number of para-hydroxylation sites is 1. The summed E-state index contributed by atoms with van der Waals surface area (Å²) in [6.07, 6.45) is 0. The van der Waals surface area contributed by atoms with Crippen LogP contribution in [-0.4, -0.2) is 10.1 Å². The molecule has 0 bridgehead atoms. The summed E-state index contributed by atoms with van der Waals surface area (Å²) < 4.78 is 0. The number of phenols is 1. The van der Waals surface area contributed by atoms with Crippen LogP contribution in [0.4, 0.5) is 5.69 Å². The summed E-state index contributed by atoms with van der Waals surface area (Å²) in [4.78, 5) is 4.43. The highest BCUT2D eigenvalue weighted by atomic mass is 35.5. The Morgan fingerprint density at radius 1 is 1.06 bits per heavy atom. The predicted molar refractivity (Wildman–Crippen MR) is 70.3 cm³/mol. The number of aromatic nitrogens is 1. The van der Waals surface area contributed by atoms with Crippen LogP contribution in [0.15, 0.2) is 36.4 Å². The average Bonchev–Trinajstić information content (AvgIpc) is 2.35. The maximum Gasteiger partial charge on any atom is 0.136 e. The fourth-order valence-electron chi connectivity index (χ4n) is 1.94. The first-order valence-corrected chi connectivity index (χ1v) is 5.51. The van der Waals surface area contributed by atoms with Gasteiger partial charge in [-0.3, -0.25) is 0 Å². The zero-order chi connectivity index (χ0) is 12.0. The molecule has 3 rings (SSSR count). The zero-order valence-electron chi connectivity index (χ0n) is 8.81. The van der Waals surface area contributed by atoms with Gasteiger partial charge in [-0.25, -0.2) is 4.98 Å². The summed E-state index contributed by atoms with van der Waals surface area (Å²) in [5.41, 5.74) is 8.02. The fraction of sp³-hybridized carbons (Fsp3) is 0. The second-order valence-corrected chi connectivity index (χ2v) is 4.22. The molecule has 1 aromatic heterocycles. The molecule has 0 saturated heterocycles. The molecule has 0 unspecified atom stereocenters. The predicted octanol–water partition coefficient (Wildman–Crippen LogP) is 3.33. The number of anilines is 1. The Balaban J connectivity index is 2.59. The topological polar surface area (TPSA) is 59.1 Å². The van der Waals surface area contributed by atoms with Gasteiger partial charge in [0.15, 0.2) is 0 Å². The molecule has 0 aliphatic heterocycles. The molecule has 0 amide bonds. The van der Waals surface area contributed by atoms with E-state index in [2.05, 4.69) is 4.98 Å². The molecule has 3 nitrogen and oxygen atoms in total. The number of aromatic hydroxyl groups is 1. The van der Waals surface area contributed by atoms with Crippen LogP contribution in [0.3, 0.4) is 0 Å². The van der Waals surface area contributed by atoms with E-state index in [0.29, 0.717) is 11.2 Å². The van der Waals surface area contributed by atoms with E-state index in [1.54, 1.807) is 6.07 Å². The number of halogens is 1. The Bertz CT molecular complexity index is 740. The molecule has 0 atom stereocenters. The second kappa shape index (κ2) is 3.50. The first-order chi connectivity index (χ1) is 8.18. The number of fused-ring (bicyclic) bond motifs is 2. The molecule has 3 N–H and O–H groups in total. The zero-order valence-corrected chi connectivity index (χ0v) is 9.57. The molecular weight excluding hydrogens is 236 g/mol. The monoisotopic (exact) mass is 244 g/mol. The van der Waals surface area contributed by atoms with Crippen molar-refractivity contribution < 1.29 is 5.11 Å². The number of benzene rings is 2. The molecule has 0 radical (unpaired) electrons. The summed E-state index contributed by atoms with van der Waals surface area (Å²) >= 11 is 6.03. The van der Waals surface area contributed by atoms with E-state index in [1.165, 1.54) is 6.07 Å². The van der Waals surface area contributed by atoms with Crippen molar-refractivity contribution in [1.29, 1.82) is 0 Å². The van der Waals surface area contributed by atoms with Crippen LogP contribution in [0.2, 0.25) is 5.02 Å². The van der Waals surface area contributed by atoms with Gasteiger partial charge in [0.05, 0.1) is 16.7 Å². The first-order valence-electron chi connectivity index (χ1n) is 5.14. The maximum absolute atomic E-state index is 9.57. The van der Waals surface area contributed by atoms with Gasteiger partial charge in [-0.2, -0.15) is 0 Å². The minimum absolute atomic E-state index is 0.0151. The van der Waals surface area contributed by atoms with Gasteiger partial charge >= 0.3 is 0 Å². The van der Waals surface area contributed by atoms with Crippen LogP contribution < -0.4 is 5.73 Å². The van der Waals surface area contributed by atoms with Crippen LogP contribution in [0.1, 0.15) is 0 Å². The molecular formula is C13H9ClN2O. The Morgan fingerprint density at radius 3 is 2.65 bits per heavy atom. The van der Waals surface area contributed by atoms with E-state index >= 15 is 0 Å². The molecule has 0 fully saturated rings. The molecule has 0 spiro atoms. The van der Waals surface area contributed by atoms with Gasteiger partial charge in [0.25, 0.3) is 0 Å². The van der Waals surface area contributed by atoms with Gasteiger partial charge in [0, 0.05) is 10.8 Å². The number of hydrogen-bond acceptors (Lipinski definition) is 3. The Hall–Kier alpha value is -2.00. The lowest BCUT2D eigenvalue weighted by Gasteiger charge is -2.08. The van der Waals surface area contributed by atoms with E-state index in [0.717, 1.165) is 16.3 Å². The summed E-state index contributed by atoms with van der Waals surface area (Å²) in [5, 5.41) is 11.5. The fourth-order valence-corrected chi connectivity index (χ4v) is 2.15. The van der Waals surface area contributed by atoms with Gasteiger partial charge in [-0.05, 0) is 18.2 Å². The number of nitrogens with two attached hydrogens (primary N) is 1. The minimum Gasteiger partial charge on any atom is -0.506 e. The summed E-state index contributed by atoms with van der Waals surface area (Å²) in [5.74, 6) is 0.0151. The highest BCUT2D eigenvalue weighted by molar-refractivity contribution is 6.37. The second-order valence-electron chi connectivity index (χ2n) is 3.84. The molecule has 4 heteroatoms.